The Morgan fingerprint density at radius 1 is 1.16 bits per heavy atom. The van der Waals surface area contributed by atoms with E-state index in [1.54, 1.807) is 18.0 Å². The molecule has 1 fully saturated rings. The summed E-state index contributed by atoms with van der Waals surface area (Å²) in [6, 6.07) is 5.51. The summed E-state index contributed by atoms with van der Waals surface area (Å²) in [4.78, 5) is 24.8. The molecule has 0 N–H and O–H groups in total. The summed E-state index contributed by atoms with van der Waals surface area (Å²) >= 11 is 3.37. The molecule has 1 saturated heterocycles. The standard InChI is InChI=1S/C12H13BBrNO4/c1-8-3-9(5-10(14)4-8)13-18-11(16)6-15(2)7-12(17)19-13/h3-5H,6-7H2,1-2H3. The molecule has 1 aromatic carbocycles. The molecule has 1 heterocycles. The Morgan fingerprint density at radius 3 is 2.26 bits per heavy atom. The second-order valence-electron chi connectivity index (χ2n) is 4.55. The molecule has 1 aromatic rings. The van der Waals surface area contributed by atoms with Crippen molar-refractivity contribution in [2.45, 2.75) is 6.92 Å². The molecule has 0 radical (unpaired) electrons. The van der Waals surface area contributed by atoms with Gasteiger partial charge in [-0.2, -0.15) is 0 Å². The number of halogens is 1. The fourth-order valence-corrected chi connectivity index (χ4v) is 2.50. The lowest BCUT2D eigenvalue weighted by Crippen LogP contribution is -2.47. The number of rotatable bonds is 1. The van der Waals surface area contributed by atoms with Gasteiger partial charge < -0.3 is 9.31 Å². The molecule has 7 heteroatoms. The van der Waals surface area contributed by atoms with E-state index in [9.17, 15) is 9.59 Å². The normalized spacial score (nSPS) is 17.5. The highest BCUT2D eigenvalue weighted by atomic mass is 79.9. The molecular weight excluding hydrogens is 313 g/mol. The first kappa shape index (κ1) is 14.1. The zero-order valence-corrected chi connectivity index (χ0v) is 12.3. The number of nitrogens with zero attached hydrogens (tertiary/aromatic N) is 1. The maximum atomic E-state index is 11.6. The summed E-state index contributed by atoms with van der Waals surface area (Å²) in [5, 5.41) is 0. The first-order valence-electron chi connectivity index (χ1n) is 5.78. The maximum Gasteiger partial charge on any atom is 0.636 e. The zero-order valence-electron chi connectivity index (χ0n) is 10.7. The average molecular weight is 326 g/mol. The van der Waals surface area contributed by atoms with E-state index >= 15 is 0 Å². The predicted molar refractivity (Wildman–Crippen MR) is 73.9 cm³/mol. The van der Waals surface area contributed by atoms with Crippen molar-refractivity contribution in [3.05, 3.63) is 28.2 Å². The quantitative estimate of drug-likeness (QED) is 0.703. The molecule has 100 valence electrons. The van der Waals surface area contributed by atoms with Gasteiger partial charge in [-0.1, -0.05) is 27.6 Å². The lowest BCUT2D eigenvalue weighted by Gasteiger charge is -2.22. The molecule has 19 heavy (non-hydrogen) atoms. The van der Waals surface area contributed by atoms with Gasteiger partial charge in [0.2, 0.25) is 0 Å². The van der Waals surface area contributed by atoms with E-state index in [0.717, 1.165) is 10.0 Å². The third kappa shape index (κ3) is 3.81. The van der Waals surface area contributed by atoms with Crippen LogP contribution in [0.25, 0.3) is 0 Å². The van der Waals surface area contributed by atoms with E-state index < -0.39 is 19.1 Å². The Balaban J connectivity index is 2.26. The minimum Gasteiger partial charge on any atom is -0.494 e. The van der Waals surface area contributed by atoms with Gasteiger partial charge >= 0.3 is 19.1 Å². The lowest BCUT2D eigenvalue weighted by molar-refractivity contribution is -0.145. The van der Waals surface area contributed by atoms with Crippen molar-refractivity contribution in [1.29, 1.82) is 0 Å². The minimum atomic E-state index is -0.982. The summed E-state index contributed by atoms with van der Waals surface area (Å²) in [6.07, 6.45) is 0. The third-order valence-corrected chi connectivity index (χ3v) is 3.07. The van der Waals surface area contributed by atoms with Crippen molar-refractivity contribution in [1.82, 2.24) is 4.90 Å². The molecular formula is C12H13BBrNO4. The molecule has 0 aromatic heterocycles. The van der Waals surface area contributed by atoms with Crippen LogP contribution in [0.5, 0.6) is 0 Å². The highest BCUT2D eigenvalue weighted by Gasteiger charge is 2.33. The molecule has 1 aliphatic rings. The number of benzene rings is 1. The van der Waals surface area contributed by atoms with E-state index in [-0.39, 0.29) is 13.1 Å². The van der Waals surface area contributed by atoms with Crippen molar-refractivity contribution in [2.24, 2.45) is 0 Å². The Labute approximate surface area is 120 Å². The number of likely N-dealkylation sites (N-methyl/N-ethyl adjacent to an activating group) is 1. The van der Waals surface area contributed by atoms with Gasteiger partial charge in [-0.25, -0.2) is 0 Å². The van der Waals surface area contributed by atoms with Crippen molar-refractivity contribution >= 4 is 40.4 Å². The predicted octanol–water partition coefficient (Wildman–Crippen LogP) is 0.485. The second-order valence-corrected chi connectivity index (χ2v) is 5.46. The Morgan fingerprint density at radius 2 is 1.74 bits per heavy atom. The molecule has 0 spiro atoms. The van der Waals surface area contributed by atoms with Crippen molar-refractivity contribution < 1.29 is 18.9 Å². The molecule has 0 unspecified atom stereocenters. The minimum absolute atomic E-state index is 0.0680. The van der Waals surface area contributed by atoms with E-state index in [1.165, 1.54) is 0 Å². The first-order chi connectivity index (χ1) is 8.94. The van der Waals surface area contributed by atoms with Gasteiger partial charge in [-0.15, -0.1) is 0 Å². The second kappa shape index (κ2) is 5.75. The van der Waals surface area contributed by atoms with Crippen LogP contribution in [-0.4, -0.2) is 44.1 Å². The molecule has 0 amide bonds. The summed E-state index contributed by atoms with van der Waals surface area (Å²) < 4.78 is 11.2. The van der Waals surface area contributed by atoms with Gasteiger partial charge in [0.25, 0.3) is 0 Å². The Kier molecular flexibility index (Phi) is 4.26. The molecule has 5 nitrogen and oxygen atoms in total. The van der Waals surface area contributed by atoms with Gasteiger partial charge in [0.1, 0.15) is 0 Å². The van der Waals surface area contributed by atoms with Gasteiger partial charge in [-0.3, -0.25) is 14.5 Å². The Bertz CT molecular complexity index is 482. The highest BCUT2D eigenvalue weighted by molar-refractivity contribution is 9.10. The van der Waals surface area contributed by atoms with Crippen LogP contribution >= 0.6 is 15.9 Å². The maximum absolute atomic E-state index is 11.6. The van der Waals surface area contributed by atoms with Crippen LogP contribution in [-0.2, 0) is 18.9 Å². The molecule has 2 rings (SSSR count). The molecule has 1 aliphatic heterocycles. The SMILES string of the molecule is Cc1cc(Br)cc(B2OC(=O)CN(C)CC(=O)O2)c1. The lowest BCUT2D eigenvalue weighted by atomic mass is 9.78. The van der Waals surface area contributed by atoms with Crippen LogP contribution in [0.4, 0.5) is 0 Å². The number of carbonyl (C=O) groups excluding carboxylic acids is 2. The highest BCUT2D eigenvalue weighted by Crippen LogP contribution is 2.11. The number of hydrogen-bond donors (Lipinski definition) is 0. The van der Waals surface area contributed by atoms with Crippen LogP contribution in [0.1, 0.15) is 5.56 Å². The fraction of sp³-hybridized carbons (Fsp3) is 0.333. The fourth-order valence-electron chi connectivity index (χ4n) is 1.87. The number of carbonyl (C=O) groups is 2. The topological polar surface area (TPSA) is 55.8 Å². The Hall–Kier alpha value is -1.34. The molecule has 0 saturated carbocycles. The zero-order chi connectivity index (χ0) is 14.0. The first-order valence-corrected chi connectivity index (χ1v) is 6.58. The summed E-state index contributed by atoms with van der Waals surface area (Å²) in [7, 11) is 0.677. The molecule has 0 bridgehead atoms. The van der Waals surface area contributed by atoms with Crippen LogP contribution in [0.3, 0.4) is 0 Å². The van der Waals surface area contributed by atoms with Crippen LogP contribution < -0.4 is 5.46 Å². The summed E-state index contributed by atoms with van der Waals surface area (Å²) in [5.74, 6) is -0.838. The largest absolute Gasteiger partial charge is 0.636 e. The van der Waals surface area contributed by atoms with Crippen LogP contribution in [0.15, 0.2) is 22.7 Å². The van der Waals surface area contributed by atoms with Gasteiger partial charge in [0, 0.05) is 9.94 Å². The van der Waals surface area contributed by atoms with Gasteiger partial charge in [-0.05, 0) is 26.1 Å². The van der Waals surface area contributed by atoms with E-state index in [4.69, 9.17) is 9.31 Å². The van der Waals surface area contributed by atoms with Crippen molar-refractivity contribution in [3.63, 3.8) is 0 Å². The average Bonchev–Trinajstić information content (AvgIpc) is 2.24. The summed E-state index contributed by atoms with van der Waals surface area (Å²) in [6.45, 7) is 2.05. The summed E-state index contributed by atoms with van der Waals surface area (Å²) in [5.41, 5.74) is 1.62. The van der Waals surface area contributed by atoms with Crippen molar-refractivity contribution in [3.8, 4) is 0 Å². The van der Waals surface area contributed by atoms with E-state index in [2.05, 4.69) is 15.9 Å². The number of aryl methyl sites for hydroxylation is 1. The smallest absolute Gasteiger partial charge is 0.494 e. The third-order valence-electron chi connectivity index (χ3n) is 2.61. The monoisotopic (exact) mass is 325 g/mol. The van der Waals surface area contributed by atoms with Crippen LogP contribution in [0, 0.1) is 6.92 Å². The van der Waals surface area contributed by atoms with E-state index in [0.29, 0.717) is 5.46 Å². The molecule has 0 atom stereocenters. The number of hydrogen-bond acceptors (Lipinski definition) is 5. The van der Waals surface area contributed by atoms with Gasteiger partial charge in [0.15, 0.2) is 0 Å². The van der Waals surface area contributed by atoms with E-state index in [1.807, 2.05) is 19.1 Å². The van der Waals surface area contributed by atoms with Gasteiger partial charge in [0.05, 0.1) is 13.1 Å². The van der Waals surface area contributed by atoms with Crippen LogP contribution in [0.2, 0.25) is 0 Å². The molecule has 0 aliphatic carbocycles. The van der Waals surface area contributed by atoms with Crippen molar-refractivity contribution in [2.75, 3.05) is 20.1 Å².